The molecule has 5 nitrogen and oxygen atoms in total. The van der Waals surface area contributed by atoms with Crippen molar-refractivity contribution in [2.45, 2.75) is 26.2 Å². The Morgan fingerprint density at radius 1 is 1.41 bits per heavy atom. The highest BCUT2D eigenvalue weighted by Gasteiger charge is 2.03. The van der Waals surface area contributed by atoms with Gasteiger partial charge in [-0.25, -0.2) is 5.43 Å². The van der Waals surface area contributed by atoms with Crippen LogP contribution in [0.3, 0.4) is 0 Å². The summed E-state index contributed by atoms with van der Waals surface area (Å²) in [5.74, 6) is 1.39. The molecule has 2 aromatic rings. The van der Waals surface area contributed by atoms with Gasteiger partial charge in [-0.05, 0) is 49.1 Å². The van der Waals surface area contributed by atoms with Gasteiger partial charge in [-0.3, -0.25) is 4.79 Å². The third-order valence-corrected chi connectivity index (χ3v) is 3.25. The molecule has 0 fully saturated rings. The third-order valence-electron chi connectivity index (χ3n) is 3.25. The lowest BCUT2D eigenvalue weighted by atomic mass is 10.1. The number of aryl methyl sites for hydroxylation is 2. The number of carbonyl (C=O) groups excluding carboxylic acids is 1. The molecule has 1 N–H and O–H groups in total. The molecule has 0 saturated heterocycles. The fourth-order valence-corrected chi connectivity index (χ4v) is 2.14. The van der Waals surface area contributed by atoms with Gasteiger partial charge in [0.15, 0.2) is 0 Å². The maximum atomic E-state index is 11.7. The number of amides is 1. The van der Waals surface area contributed by atoms with Crippen LogP contribution in [0.1, 0.15) is 29.7 Å². The first-order valence-corrected chi connectivity index (χ1v) is 7.18. The van der Waals surface area contributed by atoms with Crippen LogP contribution in [0.25, 0.3) is 0 Å². The summed E-state index contributed by atoms with van der Waals surface area (Å²) in [5, 5.41) is 3.84. The molecule has 0 saturated carbocycles. The minimum atomic E-state index is -0.104. The summed E-state index contributed by atoms with van der Waals surface area (Å²) in [5.41, 5.74) is 4.79. The molecule has 2 rings (SSSR count). The minimum Gasteiger partial charge on any atom is -0.496 e. The number of methoxy groups -OCH3 is 1. The molecule has 0 radical (unpaired) electrons. The lowest BCUT2D eigenvalue weighted by Crippen LogP contribution is -2.17. The zero-order valence-corrected chi connectivity index (χ0v) is 12.8. The van der Waals surface area contributed by atoms with Gasteiger partial charge in [0.1, 0.15) is 11.5 Å². The van der Waals surface area contributed by atoms with Gasteiger partial charge in [0.25, 0.3) is 0 Å². The van der Waals surface area contributed by atoms with Gasteiger partial charge < -0.3 is 9.15 Å². The topological polar surface area (TPSA) is 63.8 Å². The second-order valence-corrected chi connectivity index (χ2v) is 4.97. The molecule has 1 heterocycles. The molecule has 0 aliphatic carbocycles. The van der Waals surface area contributed by atoms with Crippen molar-refractivity contribution in [1.82, 2.24) is 5.43 Å². The van der Waals surface area contributed by atoms with Crippen molar-refractivity contribution in [1.29, 1.82) is 0 Å². The molecule has 0 unspecified atom stereocenters. The molecule has 0 aliphatic heterocycles. The zero-order valence-electron chi connectivity index (χ0n) is 12.8. The normalized spacial score (nSPS) is 10.8. The van der Waals surface area contributed by atoms with Crippen molar-refractivity contribution in [3.05, 3.63) is 53.5 Å². The predicted molar refractivity (Wildman–Crippen MR) is 85.1 cm³/mol. The molecule has 1 aromatic heterocycles. The van der Waals surface area contributed by atoms with E-state index in [4.69, 9.17) is 9.15 Å². The van der Waals surface area contributed by atoms with Crippen LogP contribution in [0.2, 0.25) is 0 Å². The van der Waals surface area contributed by atoms with E-state index in [2.05, 4.69) is 16.6 Å². The first-order valence-electron chi connectivity index (χ1n) is 7.18. The van der Waals surface area contributed by atoms with Crippen molar-refractivity contribution in [3.8, 4) is 5.75 Å². The smallest absolute Gasteiger partial charge is 0.240 e. The van der Waals surface area contributed by atoms with Crippen molar-refractivity contribution in [2.24, 2.45) is 5.10 Å². The summed E-state index contributed by atoms with van der Waals surface area (Å²) in [6, 6.07) is 9.60. The maximum absolute atomic E-state index is 11.7. The van der Waals surface area contributed by atoms with Crippen LogP contribution in [-0.4, -0.2) is 19.2 Å². The van der Waals surface area contributed by atoms with E-state index in [9.17, 15) is 4.79 Å². The van der Waals surface area contributed by atoms with E-state index in [0.717, 1.165) is 24.2 Å². The Bertz CT molecular complexity index is 633. The van der Waals surface area contributed by atoms with Crippen LogP contribution in [0.15, 0.2) is 46.1 Å². The van der Waals surface area contributed by atoms with Gasteiger partial charge in [0, 0.05) is 6.42 Å². The zero-order chi connectivity index (χ0) is 15.8. The Morgan fingerprint density at radius 3 is 2.95 bits per heavy atom. The van der Waals surface area contributed by atoms with Crippen molar-refractivity contribution in [2.75, 3.05) is 7.11 Å². The molecule has 1 aromatic carbocycles. The van der Waals surface area contributed by atoms with Gasteiger partial charge in [0.05, 0.1) is 19.6 Å². The fourth-order valence-electron chi connectivity index (χ4n) is 2.14. The molecule has 0 bridgehead atoms. The van der Waals surface area contributed by atoms with Crippen molar-refractivity contribution in [3.63, 3.8) is 0 Å². The Balaban J connectivity index is 1.71. The van der Waals surface area contributed by atoms with E-state index in [-0.39, 0.29) is 5.91 Å². The molecule has 116 valence electrons. The second-order valence-electron chi connectivity index (χ2n) is 4.97. The summed E-state index contributed by atoms with van der Waals surface area (Å²) in [6.07, 6.45) is 5.08. The summed E-state index contributed by atoms with van der Waals surface area (Å²) < 4.78 is 10.3. The van der Waals surface area contributed by atoms with E-state index >= 15 is 0 Å². The van der Waals surface area contributed by atoms with E-state index in [0.29, 0.717) is 12.2 Å². The number of carbonyl (C=O) groups is 1. The number of furan rings is 1. The average Bonchev–Trinajstić information content (AvgIpc) is 3.01. The quantitative estimate of drug-likeness (QED) is 0.631. The van der Waals surface area contributed by atoms with Gasteiger partial charge in [-0.15, -0.1) is 0 Å². The molecule has 22 heavy (non-hydrogen) atoms. The highest BCUT2D eigenvalue weighted by atomic mass is 16.5. The van der Waals surface area contributed by atoms with Gasteiger partial charge in [-0.1, -0.05) is 12.1 Å². The second kappa shape index (κ2) is 8.02. The van der Waals surface area contributed by atoms with Crippen molar-refractivity contribution < 1.29 is 13.9 Å². The summed E-state index contributed by atoms with van der Waals surface area (Å²) in [6.45, 7) is 2.01. The lowest BCUT2D eigenvalue weighted by molar-refractivity contribution is -0.121. The molecule has 0 aliphatic rings. The van der Waals surface area contributed by atoms with Crippen LogP contribution >= 0.6 is 0 Å². The highest BCUT2D eigenvalue weighted by Crippen LogP contribution is 2.19. The summed E-state index contributed by atoms with van der Waals surface area (Å²) in [4.78, 5) is 11.7. The highest BCUT2D eigenvalue weighted by molar-refractivity contribution is 5.80. The standard InChI is InChI=1S/C17H20N2O3/c1-13-11-14(8-9-16(13)21-2)5-3-7-17(20)19-18-12-15-6-4-10-22-15/h4,6,8-12H,3,5,7H2,1-2H3,(H,19,20)/b18-12+. The van der Waals surface area contributed by atoms with Gasteiger partial charge in [-0.2, -0.15) is 5.10 Å². The SMILES string of the molecule is COc1ccc(CCCC(=O)N/N=C/c2ccco2)cc1C. The van der Waals surface area contributed by atoms with Crippen LogP contribution in [-0.2, 0) is 11.2 Å². The Morgan fingerprint density at radius 2 is 2.27 bits per heavy atom. The molecule has 1 amide bonds. The molecule has 5 heteroatoms. The lowest BCUT2D eigenvalue weighted by Gasteiger charge is -2.07. The molecule has 0 atom stereocenters. The first-order chi connectivity index (χ1) is 10.7. The number of hydrogen-bond donors (Lipinski definition) is 1. The number of rotatable bonds is 7. The van der Waals surface area contributed by atoms with E-state index in [1.807, 2.05) is 19.1 Å². The van der Waals surface area contributed by atoms with E-state index in [1.54, 1.807) is 25.5 Å². The average molecular weight is 300 g/mol. The number of hydrogen-bond acceptors (Lipinski definition) is 4. The number of ether oxygens (including phenoxy) is 1. The number of hydrazone groups is 1. The number of nitrogens with zero attached hydrogens (tertiary/aromatic N) is 1. The first kappa shape index (κ1) is 15.8. The monoisotopic (exact) mass is 300 g/mol. The van der Waals surface area contributed by atoms with Crippen molar-refractivity contribution >= 4 is 12.1 Å². The predicted octanol–water partition coefficient (Wildman–Crippen LogP) is 3.07. The largest absolute Gasteiger partial charge is 0.496 e. The molecular formula is C17H20N2O3. The van der Waals surface area contributed by atoms with Gasteiger partial charge in [0.2, 0.25) is 5.91 Å². The van der Waals surface area contributed by atoms with Crippen LogP contribution in [0.4, 0.5) is 0 Å². The molecular weight excluding hydrogens is 280 g/mol. The van der Waals surface area contributed by atoms with Crippen LogP contribution in [0, 0.1) is 6.92 Å². The summed E-state index contributed by atoms with van der Waals surface area (Å²) in [7, 11) is 1.66. The fraction of sp³-hybridized carbons (Fsp3) is 0.294. The Kier molecular flexibility index (Phi) is 5.77. The number of benzene rings is 1. The maximum Gasteiger partial charge on any atom is 0.240 e. The van der Waals surface area contributed by atoms with E-state index in [1.165, 1.54) is 11.8 Å². The Labute approximate surface area is 130 Å². The Hall–Kier alpha value is -2.56. The summed E-state index contributed by atoms with van der Waals surface area (Å²) >= 11 is 0. The third kappa shape index (κ3) is 4.77. The van der Waals surface area contributed by atoms with Crippen LogP contribution < -0.4 is 10.2 Å². The van der Waals surface area contributed by atoms with E-state index < -0.39 is 0 Å². The van der Waals surface area contributed by atoms with Gasteiger partial charge >= 0.3 is 0 Å². The minimum absolute atomic E-state index is 0.104. The molecule has 0 spiro atoms. The number of nitrogens with one attached hydrogen (secondary N) is 1. The van der Waals surface area contributed by atoms with Crippen LogP contribution in [0.5, 0.6) is 5.75 Å².